The summed E-state index contributed by atoms with van der Waals surface area (Å²) in [6.45, 7) is 7.15. The number of H-pyrrole nitrogens is 2. The number of ether oxygens (including phenoxy) is 1. The van der Waals surface area contributed by atoms with Crippen LogP contribution in [-0.2, 0) is 4.74 Å². The number of hydrogen-bond acceptors (Lipinski definition) is 6. The Morgan fingerprint density at radius 3 is 2.69 bits per heavy atom. The van der Waals surface area contributed by atoms with Crippen molar-refractivity contribution in [2.75, 3.05) is 6.61 Å². The number of aromatic amines is 2. The quantitative estimate of drug-likeness (QED) is 0.342. The lowest BCUT2D eigenvalue weighted by Crippen LogP contribution is -2.16. The molecule has 3 aromatic rings. The number of aromatic nitrogens is 4. The van der Waals surface area contributed by atoms with Gasteiger partial charge in [-0.3, -0.25) is 9.89 Å². The van der Waals surface area contributed by atoms with Gasteiger partial charge in [0.1, 0.15) is 5.82 Å². The van der Waals surface area contributed by atoms with Crippen molar-refractivity contribution in [3.05, 3.63) is 52.6 Å². The van der Waals surface area contributed by atoms with Gasteiger partial charge in [-0.05, 0) is 45.4 Å². The van der Waals surface area contributed by atoms with E-state index in [1.54, 1.807) is 45.9 Å². The third-order valence-corrected chi connectivity index (χ3v) is 5.37. The first-order valence-electron chi connectivity index (χ1n) is 9.07. The Bertz CT molecular complexity index is 1060. The maximum atomic E-state index is 13.9. The first-order valence-corrected chi connectivity index (χ1v) is 9.95. The molecule has 0 unspecified atom stereocenters. The average molecular weight is 416 g/mol. The zero-order chi connectivity index (χ0) is 21.1. The first-order chi connectivity index (χ1) is 13.8. The molecule has 1 aromatic carbocycles. The number of halogens is 1. The Balaban J connectivity index is 1.78. The monoisotopic (exact) mass is 416 g/mol. The van der Waals surface area contributed by atoms with Crippen LogP contribution in [0, 0.1) is 19.7 Å². The van der Waals surface area contributed by atoms with Crippen LogP contribution in [-0.4, -0.2) is 43.8 Å². The topological polar surface area (TPSA) is 101 Å². The number of aryl methyl sites for hydroxylation is 1. The van der Waals surface area contributed by atoms with E-state index in [2.05, 4.69) is 20.2 Å². The summed E-state index contributed by atoms with van der Waals surface area (Å²) in [5.74, 6) is -0.764. The van der Waals surface area contributed by atoms with Crippen LogP contribution in [0.1, 0.15) is 46.0 Å². The van der Waals surface area contributed by atoms with E-state index in [1.807, 2.05) is 0 Å². The number of nitrogens with one attached hydrogen (secondary N) is 2. The fourth-order valence-electron chi connectivity index (χ4n) is 2.99. The largest absolute Gasteiger partial charge is 0.462 e. The smallest absolute Gasteiger partial charge is 0.340 e. The normalized spacial score (nSPS) is 12.0. The van der Waals surface area contributed by atoms with Gasteiger partial charge < -0.3 is 9.72 Å². The molecule has 9 heteroatoms. The average Bonchev–Trinajstić information content (AvgIpc) is 3.25. The molecule has 2 N–H and O–H groups in total. The fourth-order valence-corrected chi connectivity index (χ4v) is 3.78. The fraction of sp³-hybridized carbons (Fsp3) is 0.300. The van der Waals surface area contributed by atoms with E-state index in [0.717, 1.165) is 11.8 Å². The highest BCUT2D eigenvalue weighted by Crippen LogP contribution is 2.28. The van der Waals surface area contributed by atoms with E-state index in [4.69, 9.17) is 4.74 Å². The Morgan fingerprint density at radius 2 is 2.00 bits per heavy atom. The van der Waals surface area contributed by atoms with Crippen molar-refractivity contribution in [1.29, 1.82) is 0 Å². The third kappa shape index (κ3) is 4.24. The SMILES string of the molecule is CCOC(=O)c1c(C)[nH]c(C(=O)[C@@H](C)Sc2n[nH]c(-c3ccccc3F)n2)c1C. The van der Waals surface area contributed by atoms with Gasteiger partial charge in [0, 0.05) is 5.69 Å². The van der Waals surface area contributed by atoms with Crippen molar-refractivity contribution in [1.82, 2.24) is 20.2 Å². The molecule has 1 atom stereocenters. The highest BCUT2D eigenvalue weighted by Gasteiger charge is 2.27. The van der Waals surface area contributed by atoms with Crippen molar-refractivity contribution in [2.24, 2.45) is 0 Å². The number of rotatable bonds is 7. The standard InChI is InChI=1S/C20H21FN4O3S/c1-5-28-19(27)15-10(2)16(22-11(15)3)17(26)12(4)29-20-23-18(24-25-20)13-8-6-7-9-14(13)21/h6-9,12,22H,5H2,1-4H3,(H,23,24,25)/t12-/m1/s1. The van der Waals surface area contributed by atoms with Crippen LogP contribution in [0.2, 0.25) is 0 Å². The van der Waals surface area contributed by atoms with E-state index < -0.39 is 17.0 Å². The van der Waals surface area contributed by atoms with Gasteiger partial charge in [0.05, 0.1) is 28.7 Å². The van der Waals surface area contributed by atoms with Gasteiger partial charge in [-0.2, -0.15) is 0 Å². The lowest BCUT2D eigenvalue weighted by Gasteiger charge is -2.07. The van der Waals surface area contributed by atoms with Gasteiger partial charge >= 0.3 is 5.97 Å². The van der Waals surface area contributed by atoms with Gasteiger partial charge in [0.25, 0.3) is 0 Å². The number of ketones is 1. The predicted molar refractivity (Wildman–Crippen MR) is 108 cm³/mol. The number of thioether (sulfide) groups is 1. The van der Waals surface area contributed by atoms with Crippen LogP contribution in [0.15, 0.2) is 29.4 Å². The summed E-state index contributed by atoms with van der Waals surface area (Å²) in [7, 11) is 0. The zero-order valence-electron chi connectivity index (χ0n) is 16.5. The molecule has 0 aliphatic heterocycles. The van der Waals surface area contributed by atoms with Crippen molar-refractivity contribution >= 4 is 23.5 Å². The van der Waals surface area contributed by atoms with Gasteiger partial charge in [0.2, 0.25) is 5.16 Å². The second-order valence-electron chi connectivity index (χ2n) is 6.42. The third-order valence-electron chi connectivity index (χ3n) is 4.41. The molecular formula is C20H21FN4O3S. The molecule has 0 saturated heterocycles. The number of hydrogen-bond donors (Lipinski definition) is 2. The summed E-state index contributed by atoms with van der Waals surface area (Å²) in [6, 6.07) is 6.24. The van der Waals surface area contributed by atoms with Crippen molar-refractivity contribution < 1.29 is 18.7 Å². The number of nitrogens with zero attached hydrogens (tertiary/aromatic N) is 2. The molecule has 0 radical (unpaired) electrons. The molecular weight excluding hydrogens is 395 g/mol. The zero-order valence-corrected chi connectivity index (χ0v) is 17.3. The van der Waals surface area contributed by atoms with Gasteiger partial charge in [0.15, 0.2) is 11.6 Å². The minimum absolute atomic E-state index is 0.191. The Kier molecular flexibility index (Phi) is 6.17. The summed E-state index contributed by atoms with van der Waals surface area (Å²) in [5.41, 5.74) is 2.19. The lowest BCUT2D eigenvalue weighted by molar-refractivity contribution is 0.0525. The van der Waals surface area contributed by atoms with Gasteiger partial charge in [-0.1, -0.05) is 23.9 Å². The molecule has 0 spiro atoms. The molecule has 0 amide bonds. The van der Waals surface area contributed by atoms with Crippen molar-refractivity contribution in [3.8, 4) is 11.4 Å². The summed E-state index contributed by atoms with van der Waals surface area (Å²) < 4.78 is 19.0. The molecule has 0 saturated carbocycles. The Labute approximate surface area is 171 Å². The van der Waals surface area contributed by atoms with Gasteiger partial charge in [-0.25, -0.2) is 14.2 Å². The number of esters is 1. The molecule has 2 aromatic heterocycles. The first kappa shape index (κ1) is 20.8. The summed E-state index contributed by atoms with van der Waals surface area (Å²) in [5, 5.41) is 6.58. The van der Waals surface area contributed by atoms with E-state index in [0.29, 0.717) is 39.1 Å². The van der Waals surface area contributed by atoms with E-state index in [1.165, 1.54) is 6.07 Å². The minimum atomic E-state index is -0.522. The second kappa shape index (κ2) is 8.60. The van der Waals surface area contributed by atoms with E-state index >= 15 is 0 Å². The van der Waals surface area contributed by atoms with Crippen LogP contribution in [0.25, 0.3) is 11.4 Å². The molecule has 0 aliphatic rings. The van der Waals surface area contributed by atoms with Crippen LogP contribution < -0.4 is 0 Å². The minimum Gasteiger partial charge on any atom is -0.462 e. The molecule has 7 nitrogen and oxygen atoms in total. The van der Waals surface area contributed by atoms with Crippen LogP contribution in [0.3, 0.4) is 0 Å². The Morgan fingerprint density at radius 1 is 1.28 bits per heavy atom. The van der Waals surface area contributed by atoms with Gasteiger partial charge in [-0.15, -0.1) is 5.10 Å². The van der Waals surface area contributed by atoms with Crippen LogP contribution in [0.4, 0.5) is 4.39 Å². The molecule has 3 rings (SSSR count). The predicted octanol–water partition coefficient (Wildman–Crippen LogP) is 4.10. The number of carbonyl (C=O) groups is 2. The molecule has 0 bridgehead atoms. The molecule has 152 valence electrons. The van der Waals surface area contributed by atoms with E-state index in [-0.39, 0.29) is 12.4 Å². The molecule has 0 aliphatic carbocycles. The molecule has 2 heterocycles. The second-order valence-corrected chi connectivity index (χ2v) is 7.72. The van der Waals surface area contributed by atoms with E-state index in [9.17, 15) is 14.0 Å². The maximum Gasteiger partial charge on any atom is 0.340 e. The van der Waals surface area contributed by atoms with Crippen molar-refractivity contribution in [2.45, 2.75) is 38.1 Å². The highest BCUT2D eigenvalue weighted by atomic mass is 32.2. The number of carbonyl (C=O) groups excluding carboxylic acids is 2. The summed E-state index contributed by atoms with van der Waals surface area (Å²) in [6.07, 6.45) is 0. The summed E-state index contributed by atoms with van der Waals surface area (Å²) in [4.78, 5) is 32.3. The molecule has 29 heavy (non-hydrogen) atoms. The lowest BCUT2D eigenvalue weighted by atomic mass is 10.1. The van der Waals surface area contributed by atoms with Crippen molar-refractivity contribution in [3.63, 3.8) is 0 Å². The number of Topliss-reactive ketones (excluding diaryl/α,β-unsaturated/α-hetero) is 1. The van der Waals surface area contributed by atoms with Crippen LogP contribution >= 0.6 is 11.8 Å². The molecule has 0 fully saturated rings. The number of benzene rings is 1. The Hall–Kier alpha value is -2.94. The highest BCUT2D eigenvalue weighted by molar-refractivity contribution is 8.00. The summed E-state index contributed by atoms with van der Waals surface area (Å²) >= 11 is 1.15. The maximum absolute atomic E-state index is 13.9. The van der Waals surface area contributed by atoms with Crippen LogP contribution in [0.5, 0.6) is 0 Å².